The van der Waals surface area contributed by atoms with Gasteiger partial charge in [0, 0.05) is 11.3 Å². The molecule has 4 aliphatic carbocycles. The second-order valence-corrected chi connectivity index (χ2v) is 6.53. The van der Waals surface area contributed by atoms with Crippen molar-refractivity contribution < 1.29 is 4.79 Å². The number of hydrogen-bond donors (Lipinski definition) is 0. The summed E-state index contributed by atoms with van der Waals surface area (Å²) in [7, 11) is 0. The first-order valence-corrected chi connectivity index (χ1v) is 6.84. The van der Waals surface area contributed by atoms with Gasteiger partial charge in [-0.2, -0.15) is 0 Å². The molecule has 0 aliphatic heterocycles. The third kappa shape index (κ3) is 1.40. The topological polar surface area (TPSA) is 17.1 Å². The first kappa shape index (κ1) is 10.6. The number of rotatable bonds is 3. The van der Waals surface area contributed by atoms with Crippen LogP contribution in [0.15, 0.2) is 11.6 Å². The third-order valence-corrected chi connectivity index (χ3v) is 5.12. The molecule has 1 atom stereocenters. The van der Waals surface area contributed by atoms with Crippen LogP contribution in [-0.4, -0.2) is 5.78 Å². The van der Waals surface area contributed by atoms with Crippen LogP contribution < -0.4 is 0 Å². The maximum Gasteiger partial charge on any atom is 0.142 e. The molecule has 0 N–H and O–H groups in total. The minimum atomic E-state index is 0.193. The van der Waals surface area contributed by atoms with Crippen LogP contribution >= 0.6 is 0 Å². The van der Waals surface area contributed by atoms with Gasteiger partial charge in [-0.25, -0.2) is 0 Å². The molecule has 4 aliphatic rings. The monoisotopic (exact) mass is 218 g/mol. The molecule has 0 spiro atoms. The smallest absolute Gasteiger partial charge is 0.142 e. The van der Waals surface area contributed by atoms with Gasteiger partial charge in [-0.3, -0.25) is 4.79 Å². The lowest BCUT2D eigenvalue weighted by Crippen LogP contribution is -2.58. The Bertz CT molecular complexity index is 333. The summed E-state index contributed by atoms with van der Waals surface area (Å²) < 4.78 is 0. The van der Waals surface area contributed by atoms with Gasteiger partial charge in [-0.05, 0) is 50.4 Å². The summed E-state index contributed by atoms with van der Waals surface area (Å²) in [4.78, 5) is 12.4. The van der Waals surface area contributed by atoms with Crippen molar-refractivity contribution >= 4 is 5.78 Å². The molecule has 0 heterocycles. The number of allylic oxidation sites excluding steroid dienone is 2. The Morgan fingerprint density at radius 1 is 1.38 bits per heavy atom. The number of carbonyl (C=O) groups excluding carboxylic acids is 1. The van der Waals surface area contributed by atoms with Gasteiger partial charge in [0.15, 0.2) is 0 Å². The summed E-state index contributed by atoms with van der Waals surface area (Å²) >= 11 is 0. The summed E-state index contributed by atoms with van der Waals surface area (Å²) in [6.45, 7) is 4.52. The van der Waals surface area contributed by atoms with E-state index in [4.69, 9.17) is 0 Å². The number of ketones is 1. The van der Waals surface area contributed by atoms with Crippen molar-refractivity contribution in [3.05, 3.63) is 11.6 Å². The normalized spacial score (nSPS) is 41.1. The lowest BCUT2D eigenvalue weighted by Gasteiger charge is -2.61. The SMILES string of the molecule is CC(C)C1=CCC(C(=O)C23CC(C2)C3)CC1. The van der Waals surface area contributed by atoms with E-state index < -0.39 is 0 Å². The zero-order chi connectivity index (χ0) is 11.3. The Morgan fingerprint density at radius 3 is 2.44 bits per heavy atom. The van der Waals surface area contributed by atoms with Crippen molar-refractivity contribution in [1.82, 2.24) is 0 Å². The lowest BCUT2D eigenvalue weighted by atomic mass is 9.41. The van der Waals surface area contributed by atoms with Crippen LogP contribution in [0.1, 0.15) is 52.4 Å². The first-order chi connectivity index (χ1) is 7.61. The first-order valence-electron chi connectivity index (χ1n) is 6.84. The molecule has 1 heteroatoms. The van der Waals surface area contributed by atoms with Gasteiger partial charge < -0.3 is 0 Å². The molecule has 0 aromatic heterocycles. The minimum absolute atomic E-state index is 0.193. The molecule has 0 amide bonds. The fraction of sp³-hybridized carbons (Fsp3) is 0.800. The molecule has 88 valence electrons. The summed E-state index contributed by atoms with van der Waals surface area (Å²) in [5, 5.41) is 0. The predicted octanol–water partition coefficient (Wildman–Crippen LogP) is 3.74. The van der Waals surface area contributed by atoms with E-state index in [2.05, 4.69) is 19.9 Å². The highest BCUT2D eigenvalue weighted by molar-refractivity contribution is 5.90. The standard InChI is InChI=1S/C15H22O/c1-10(2)12-3-5-13(6-4-12)14(16)15-7-11(8-15)9-15/h3,10-11,13H,4-9H2,1-2H3. The minimum Gasteiger partial charge on any atom is -0.299 e. The van der Waals surface area contributed by atoms with Gasteiger partial charge in [0.25, 0.3) is 0 Å². The maximum absolute atomic E-state index is 12.4. The van der Waals surface area contributed by atoms with Crippen LogP contribution in [-0.2, 0) is 4.79 Å². The highest BCUT2D eigenvalue weighted by Gasteiger charge is 2.61. The Morgan fingerprint density at radius 2 is 2.06 bits per heavy atom. The number of carbonyl (C=O) groups is 1. The lowest BCUT2D eigenvalue weighted by molar-refractivity contribution is -0.167. The summed E-state index contributed by atoms with van der Waals surface area (Å²) in [6, 6.07) is 0. The second-order valence-electron chi connectivity index (χ2n) is 6.53. The number of Topliss-reactive ketones (excluding diaryl/α,β-unsaturated/α-hetero) is 1. The molecule has 16 heavy (non-hydrogen) atoms. The van der Waals surface area contributed by atoms with E-state index in [0.29, 0.717) is 17.6 Å². The molecule has 2 bridgehead atoms. The van der Waals surface area contributed by atoms with Crippen molar-refractivity contribution in [2.75, 3.05) is 0 Å². The summed E-state index contributed by atoms with van der Waals surface area (Å²) in [6.07, 6.45) is 9.33. The van der Waals surface area contributed by atoms with E-state index in [1.54, 1.807) is 5.57 Å². The van der Waals surface area contributed by atoms with Crippen LogP contribution in [0.2, 0.25) is 0 Å². The molecule has 1 unspecified atom stereocenters. The highest BCUT2D eigenvalue weighted by atomic mass is 16.1. The summed E-state index contributed by atoms with van der Waals surface area (Å²) in [5.41, 5.74) is 1.76. The van der Waals surface area contributed by atoms with E-state index in [1.807, 2.05) is 0 Å². The molecule has 1 nitrogen and oxygen atoms in total. The molecule has 0 aromatic rings. The van der Waals surface area contributed by atoms with Gasteiger partial charge in [0.2, 0.25) is 0 Å². The van der Waals surface area contributed by atoms with Crippen LogP contribution in [0.4, 0.5) is 0 Å². The molecule has 3 fully saturated rings. The maximum atomic E-state index is 12.4. The van der Waals surface area contributed by atoms with Crippen molar-refractivity contribution in [1.29, 1.82) is 0 Å². The van der Waals surface area contributed by atoms with Gasteiger partial charge >= 0.3 is 0 Å². The number of hydrogen-bond acceptors (Lipinski definition) is 1. The van der Waals surface area contributed by atoms with Crippen molar-refractivity contribution in [3.8, 4) is 0 Å². The average molecular weight is 218 g/mol. The molecule has 3 saturated carbocycles. The van der Waals surface area contributed by atoms with E-state index in [0.717, 1.165) is 25.2 Å². The Labute approximate surface area is 98.3 Å². The van der Waals surface area contributed by atoms with E-state index in [9.17, 15) is 4.79 Å². The van der Waals surface area contributed by atoms with Gasteiger partial charge in [0.05, 0.1) is 0 Å². The third-order valence-electron chi connectivity index (χ3n) is 5.12. The molecule has 0 radical (unpaired) electrons. The highest BCUT2D eigenvalue weighted by Crippen LogP contribution is 2.66. The van der Waals surface area contributed by atoms with Crippen molar-refractivity contribution in [2.24, 2.45) is 23.2 Å². The molecular formula is C15H22O. The van der Waals surface area contributed by atoms with Crippen LogP contribution in [0.25, 0.3) is 0 Å². The van der Waals surface area contributed by atoms with E-state index in [-0.39, 0.29) is 5.41 Å². The van der Waals surface area contributed by atoms with Crippen LogP contribution in [0.5, 0.6) is 0 Å². The average Bonchev–Trinajstić information content (AvgIpc) is 2.13. The summed E-state index contributed by atoms with van der Waals surface area (Å²) in [5.74, 6) is 2.58. The van der Waals surface area contributed by atoms with Gasteiger partial charge in [0.1, 0.15) is 5.78 Å². The van der Waals surface area contributed by atoms with E-state index in [1.165, 1.54) is 19.3 Å². The van der Waals surface area contributed by atoms with Crippen molar-refractivity contribution in [2.45, 2.75) is 52.4 Å². The van der Waals surface area contributed by atoms with Gasteiger partial charge in [-0.1, -0.05) is 25.5 Å². The Balaban J connectivity index is 1.63. The molecule has 4 rings (SSSR count). The zero-order valence-electron chi connectivity index (χ0n) is 10.5. The zero-order valence-corrected chi connectivity index (χ0v) is 10.5. The van der Waals surface area contributed by atoms with Crippen LogP contribution in [0.3, 0.4) is 0 Å². The molecule has 0 aromatic carbocycles. The fourth-order valence-electron chi connectivity index (χ4n) is 3.83. The Kier molecular flexibility index (Phi) is 2.28. The predicted molar refractivity (Wildman–Crippen MR) is 65.0 cm³/mol. The molecular weight excluding hydrogens is 196 g/mol. The van der Waals surface area contributed by atoms with E-state index >= 15 is 0 Å². The largest absolute Gasteiger partial charge is 0.299 e. The quantitative estimate of drug-likeness (QED) is 0.659. The fourth-order valence-corrected chi connectivity index (χ4v) is 3.83. The van der Waals surface area contributed by atoms with Gasteiger partial charge in [-0.15, -0.1) is 0 Å². The second kappa shape index (κ2) is 3.45. The van der Waals surface area contributed by atoms with Crippen molar-refractivity contribution in [3.63, 3.8) is 0 Å². The molecule has 0 saturated heterocycles. The Hall–Kier alpha value is -0.590. The van der Waals surface area contributed by atoms with Crippen LogP contribution in [0, 0.1) is 23.2 Å².